The average molecular weight is 214 g/mol. The van der Waals surface area contributed by atoms with Crippen molar-refractivity contribution in [2.24, 2.45) is 0 Å². The molecule has 0 saturated heterocycles. The van der Waals surface area contributed by atoms with Crippen LogP contribution in [0.1, 0.15) is 20.8 Å². The molecule has 0 aromatic carbocycles. The Morgan fingerprint density at radius 2 is 1.77 bits per heavy atom. The van der Waals surface area contributed by atoms with E-state index in [0.29, 0.717) is 5.57 Å². The Labute approximate surface area is 85.8 Å². The number of hydrogen-bond donors (Lipinski definition) is 0. The van der Waals surface area contributed by atoms with Gasteiger partial charge in [-0.2, -0.15) is 0 Å². The van der Waals surface area contributed by atoms with Crippen LogP contribution in [0.3, 0.4) is 0 Å². The molecule has 1 aliphatic rings. The highest BCUT2D eigenvalue weighted by Gasteiger charge is 2.20. The maximum atomic E-state index is 11.2. The number of carbonyl (C=O) groups is 2. The van der Waals surface area contributed by atoms with Gasteiger partial charge in [0.15, 0.2) is 11.6 Å². The standard InChI is InChI=1S/C9H10O2S2/c1-5-4-12-9(13-5)8(6(2)10)7(3)11/h4H,1-3H3. The maximum absolute atomic E-state index is 11.2. The molecule has 4 heteroatoms. The lowest BCUT2D eigenvalue weighted by Gasteiger charge is -2.02. The zero-order valence-electron chi connectivity index (χ0n) is 7.71. The third-order valence-corrected chi connectivity index (χ3v) is 3.90. The van der Waals surface area contributed by atoms with Crippen LogP contribution in [0.2, 0.25) is 0 Å². The molecule has 0 unspecified atom stereocenters. The number of ketones is 2. The molecule has 0 amide bonds. The predicted molar refractivity (Wildman–Crippen MR) is 57.3 cm³/mol. The van der Waals surface area contributed by atoms with E-state index in [1.807, 2.05) is 12.3 Å². The largest absolute Gasteiger partial charge is 0.294 e. The molecule has 0 atom stereocenters. The van der Waals surface area contributed by atoms with Gasteiger partial charge in [-0.05, 0) is 31.1 Å². The molecule has 0 spiro atoms. The van der Waals surface area contributed by atoms with Crippen LogP contribution < -0.4 is 0 Å². The molecular weight excluding hydrogens is 204 g/mol. The fourth-order valence-corrected chi connectivity index (χ4v) is 3.40. The van der Waals surface area contributed by atoms with E-state index in [0.717, 1.165) is 9.14 Å². The van der Waals surface area contributed by atoms with Gasteiger partial charge in [0, 0.05) is 0 Å². The van der Waals surface area contributed by atoms with Crippen LogP contribution >= 0.6 is 23.5 Å². The van der Waals surface area contributed by atoms with Gasteiger partial charge in [0.25, 0.3) is 0 Å². The van der Waals surface area contributed by atoms with Crippen molar-refractivity contribution in [3.63, 3.8) is 0 Å². The molecule has 0 saturated carbocycles. The zero-order chi connectivity index (χ0) is 10.0. The van der Waals surface area contributed by atoms with Crippen LogP contribution in [-0.2, 0) is 9.59 Å². The summed E-state index contributed by atoms with van der Waals surface area (Å²) >= 11 is 2.95. The number of rotatable bonds is 2. The van der Waals surface area contributed by atoms with Gasteiger partial charge in [-0.3, -0.25) is 9.59 Å². The van der Waals surface area contributed by atoms with Crippen molar-refractivity contribution in [2.75, 3.05) is 0 Å². The minimum atomic E-state index is -0.148. The predicted octanol–water partition coefficient (Wildman–Crippen LogP) is 2.72. The summed E-state index contributed by atoms with van der Waals surface area (Å²) in [7, 11) is 0. The molecular formula is C9H10O2S2. The van der Waals surface area contributed by atoms with Crippen molar-refractivity contribution in [1.82, 2.24) is 0 Å². The highest BCUT2D eigenvalue weighted by atomic mass is 32.2. The molecule has 70 valence electrons. The molecule has 0 fully saturated rings. The summed E-state index contributed by atoms with van der Waals surface area (Å²) in [6.45, 7) is 4.82. The smallest absolute Gasteiger partial charge is 0.165 e. The first kappa shape index (κ1) is 10.6. The molecule has 0 aromatic heterocycles. The molecule has 0 radical (unpaired) electrons. The number of Topliss-reactive ketones (excluding diaryl/α,β-unsaturated/α-hetero) is 2. The first-order valence-corrected chi connectivity index (χ1v) is 5.49. The summed E-state index contributed by atoms with van der Waals surface area (Å²) in [5, 5.41) is 1.95. The van der Waals surface area contributed by atoms with E-state index in [1.54, 1.807) is 0 Å². The Kier molecular flexibility index (Phi) is 3.39. The maximum Gasteiger partial charge on any atom is 0.165 e. The molecule has 1 rings (SSSR count). The Balaban J connectivity index is 3.00. The summed E-state index contributed by atoms with van der Waals surface area (Å²) in [5.74, 6) is -0.295. The summed E-state index contributed by atoms with van der Waals surface area (Å²) in [6.07, 6.45) is 0. The van der Waals surface area contributed by atoms with Gasteiger partial charge in [0.1, 0.15) is 0 Å². The highest BCUT2D eigenvalue weighted by Crippen LogP contribution is 2.45. The minimum absolute atomic E-state index is 0.148. The van der Waals surface area contributed by atoms with Crippen molar-refractivity contribution < 1.29 is 9.59 Å². The number of thioether (sulfide) groups is 2. The average Bonchev–Trinajstić information content (AvgIpc) is 2.34. The molecule has 0 aromatic rings. The monoisotopic (exact) mass is 214 g/mol. The fourth-order valence-electron chi connectivity index (χ4n) is 0.976. The van der Waals surface area contributed by atoms with Crippen LogP contribution in [0.15, 0.2) is 20.1 Å². The Bertz CT molecular complexity index is 311. The van der Waals surface area contributed by atoms with E-state index >= 15 is 0 Å². The highest BCUT2D eigenvalue weighted by molar-refractivity contribution is 8.28. The fraction of sp³-hybridized carbons (Fsp3) is 0.333. The second kappa shape index (κ2) is 4.15. The number of carbonyl (C=O) groups excluding carboxylic acids is 2. The molecule has 0 N–H and O–H groups in total. The topological polar surface area (TPSA) is 34.1 Å². The summed E-state index contributed by atoms with van der Waals surface area (Å²) in [6, 6.07) is 0. The first-order chi connectivity index (χ1) is 6.02. The minimum Gasteiger partial charge on any atom is -0.294 e. The molecule has 1 aliphatic heterocycles. The van der Waals surface area contributed by atoms with Gasteiger partial charge in [0.05, 0.1) is 9.81 Å². The molecule has 0 bridgehead atoms. The lowest BCUT2D eigenvalue weighted by atomic mass is 10.1. The van der Waals surface area contributed by atoms with Gasteiger partial charge in [-0.25, -0.2) is 0 Å². The second-order valence-corrected chi connectivity index (χ2v) is 5.12. The van der Waals surface area contributed by atoms with Crippen molar-refractivity contribution in [2.45, 2.75) is 20.8 Å². The summed E-state index contributed by atoms with van der Waals surface area (Å²) < 4.78 is 0.817. The van der Waals surface area contributed by atoms with Crippen LogP contribution in [0, 0.1) is 0 Å². The van der Waals surface area contributed by atoms with Crippen molar-refractivity contribution in [1.29, 1.82) is 0 Å². The van der Waals surface area contributed by atoms with Crippen LogP contribution in [0.4, 0.5) is 0 Å². The van der Waals surface area contributed by atoms with E-state index in [2.05, 4.69) is 0 Å². The van der Waals surface area contributed by atoms with Crippen molar-refractivity contribution >= 4 is 35.1 Å². The summed E-state index contributed by atoms with van der Waals surface area (Å²) in [4.78, 5) is 23.4. The Hall–Kier alpha value is -0.480. The van der Waals surface area contributed by atoms with Crippen LogP contribution in [0.25, 0.3) is 0 Å². The first-order valence-electron chi connectivity index (χ1n) is 3.79. The van der Waals surface area contributed by atoms with E-state index in [9.17, 15) is 9.59 Å². The van der Waals surface area contributed by atoms with E-state index in [1.165, 1.54) is 37.4 Å². The number of hydrogen-bond acceptors (Lipinski definition) is 4. The molecule has 13 heavy (non-hydrogen) atoms. The Morgan fingerprint density at radius 1 is 1.23 bits per heavy atom. The lowest BCUT2D eigenvalue weighted by molar-refractivity contribution is -0.119. The molecule has 1 heterocycles. The van der Waals surface area contributed by atoms with Crippen molar-refractivity contribution in [3.8, 4) is 0 Å². The van der Waals surface area contributed by atoms with E-state index in [4.69, 9.17) is 0 Å². The SMILES string of the molecule is CC(=O)C(C(C)=O)=C1SC=C(C)S1. The van der Waals surface area contributed by atoms with Gasteiger partial charge >= 0.3 is 0 Å². The molecule has 2 nitrogen and oxygen atoms in total. The second-order valence-electron chi connectivity index (χ2n) is 2.72. The quantitative estimate of drug-likeness (QED) is 0.402. The van der Waals surface area contributed by atoms with Gasteiger partial charge < -0.3 is 0 Å². The van der Waals surface area contributed by atoms with Crippen LogP contribution in [0.5, 0.6) is 0 Å². The zero-order valence-corrected chi connectivity index (χ0v) is 9.34. The van der Waals surface area contributed by atoms with E-state index in [-0.39, 0.29) is 11.6 Å². The molecule has 0 aliphatic carbocycles. The van der Waals surface area contributed by atoms with Crippen LogP contribution in [-0.4, -0.2) is 11.6 Å². The van der Waals surface area contributed by atoms with Gasteiger partial charge in [-0.15, -0.1) is 0 Å². The van der Waals surface area contributed by atoms with E-state index < -0.39 is 0 Å². The van der Waals surface area contributed by atoms with Gasteiger partial charge in [-0.1, -0.05) is 23.5 Å². The van der Waals surface area contributed by atoms with Crippen molar-refractivity contribution in [3.05, 3.63) is 20.1 Å². The third kappa shape index (κ3) is 2.48. The van der Waals surface area contributed by atoms with Gasteiger partial charge in [0.2, 0.25) is 0 Å². The summed E-state index contributed by atoms with van der Waals surface area (Å²) in [5.41, 5.74) is 0.336. The Morgan fingerprint density at radius 3 is 2.08 bits per heavy atom. The third-order valence-electron chi connectivity index (χ3n) is 1.49. The number of allylic oxidation sites excluding steroid dienone is 2. The lowest BCUT2D eigenvalue weighted by Crippen LogP contribution is -2.07. The normalized spacial score (nSPS) is 15.6.